The van der Waals surface area contributed by atoms with Gasteiger partial charge in [0.25, 0.3) is 0 Å². The minimum atomic E-state index is -0.376. The first kappa shape index (κ1) is 14.8. The zero-order chi connectivity index (χ0) is 13.7. The van der Waals surface area contributed by atoms with Gasteiger partial charge >= 0.3 is 0 Å². The van der Waals surface area contributed by atoms with E-state index >= 15 is 0 Å². The Kier molecular flexibility index (Phi) is 5.67. The molecule has 19 heavy (non-hydrogen) atoms. The molecule has 1 aliphatic rings. The predicted molar refractivity (Wildman–Crippen MR) is 78.8 cm³/mol. The Hall–Kier alpha value is -0.580. The van der Waals surface area contributed by atoms with E-state index in [1.54, 1.807) is 0 Å². The van der Waals surface area contributed by atoms with Crippen molar-refractivity contribution in [2.45, 2.75) is 38.7 Å². The number of hydrogen-bond donors (Lipinski definition) is 1. The lowest BCUT2D eigenvalue weighted by Crippen LogP contribution is -2.14. The number of halogens is 1. The second-order valence-electron chi connectivity index (χ2n) is 4.91. The van der Waals surface area contributed by atoms with E-state index in [9.17, 15) is 5.11 Å². The highest BCUT2D eigenvalue weighted by molar-refractivity contribution is 9.10. The summed E-state index contributed by atoms with van der Waals surface area (Å²) in [5.41, 5.74) is 2.32. The normalized spacial score (nSPS) is 15.1. The zero-order valence-electron chi connectivity index (χ0n) is 11.3. The van der Waals surface area contributed by atoms with Crippen LogP contribution in [-0.4, -0.2) is 31.0 Å². The second kappa shape index (κ2) is 7.27. The summed E-state index contributed by atoms with van der Waals surface area (Å²) >= 11 is 3.52. The highest BCUT2D eigenvalue weighted by atomic mass is 79.9. The molecule has 0 spiro atoms. The van der Waals surface area contributed by atoms with E-state index in [4.69, 9.17) is 9.47 Å². The monoisotopic (exact) mass is 328 g/mol. The molecule has 1 N–H and O–H groups in total. The standard InChI is InChI=1S/C15H21BrO3/c1-2-5-18-6-4-14(17)10-12-9-13(16)8-11-3-7-19-15(11)12/h8-9,14,17H,2-7,10H2,1H3. The van der Waals surface area contributed by atoms with Crippen LogP contribution in [0.3, 0.4) is 0 Å². The molecule has 0 fully saturated rings. The number of benzene rings is 1. The van der Waals surface area contributed by atoms with Crippen molar-refractivity contribution in [3.8, 4) is 5.75 Å². The van der Waals surface area contributed by atoms with Crippen molar-refractivity contribution in [1.29, 1.82) is 0 Å². The van der Waals surface area contributed by atoms with Gasteiger partial charge in [-0.25, -0.2) is 0 Å². The Labute approximate surface area is 123 Å². The van der Waals surface area contributed by atoms with Gasteiger partial charge in [0.05, 0.1) is 12.7 Å². The summed E-state index contributed by atoms with van der Waals surface area (Å²) in [5, 5.41) is 10.1. The van der Waals surface area contributed by atoms with E-state index in [0.717, 1.165) is 41.8 Å². The van der Waals surface area contributed by atoms with Crippen LogP contribution in [0.2, 0.25) is 0 Å². The van der Waals surface area contributed by atoms with Crippen molar-refractivity contribution in [1.82, 2.24) is 0 Å². The maximum atomic E-state index is 10.1. The molecule has 1 aromatic rings. The topological polar surface area (TPSA) is 38.7 Å². The highest BCUT2D eigenvalue weighted by Crippen LogP contribution is 2.33. The molecule has 1 unspecified atom stereocenters. The summed E-state index contributed by atoms with van der Waals surface area (Å²) in [6.07, 6.45) is 2.89. The minimum absolute atomic E-state index is 0.376. The second-order valence-corrected chi connectivity index (χ2v) is 5.83. The minimum Gasteiger partial charge on any atom is -0.493 e. The van der Waals surface area contributed by atoms with Crippen LogP contribution in [0.25, 0.3) is 0 Å². The summed E-state index contributed by atoms with van der Waals surface area (Å²) in [7, 11) is 0. The molecule has 1 aliphatic heterocycles. The van der Waals surface area contributed by atoms with Gasteiger partial charge in [0.2, 0.25) is 0 Å². The van der Waals surface area contributed by atoms with Gasteiger partial charge in [-0.1, -0.05) is 22.9 Å². The summed E-state index contributed by atoms with van der Waals surface area (Å²) in [5.74, 6) is 0.969. The number of hydrogen-bond acceptors (Lipinski definition) is 3. The number of fused-ring (bicyclic) bond motifs is 1. The Morgan fingerprint density at radius 1 is 1.42 bits per heavy atom. The molecule has 2 rings (SSSR count). The van der Waals surface area contributed by atoms with Gasteiger partial charge in [-0.3, -0.25) is 0 Å². The van der Waals surface area contributed by atoms with Crippen molar-refractivity contribution in [3.05, 3.63) is 27.7 Å². The van der Waals surface area contributed by atoms with Crippen LogP contribution in [0.4, 0.5) is 0 Å². The molecule has 106 valence electrons. The maximum Gasteiger partial charge on any atom is 0.125 e. The van der Waals surface area contributed by atoms with Crippen LogP contribution in [0.5, 0.6) is 5.75 Å². The average Bonchev–Trinajstić information content (AvgIpc) is 2.82. The zero-order valence-corrected chi connectivity index (χ0v) is 12.9. The third-order valence-corrected chi connectivity index (χ3v) is 3.68. The molecule has 4 heteroatoms. The van der Waals surface area contributed by atoms with Crippen molar-refractivity contribution in [3.63, 3.8) is 0 Å². The lowest BCUT2D eigenvalue weighted by atomic mass is 10.0. The maximum absolute atomic E-state index is 10.1. The van der Waals surface area contributed by atoms with E-state index < -0.39 is 0 Å². The van der Waals surface area contributed by atoms with Crippen LogP contribution in [0.15, 0.2) is 16.6 Å². The van der Waals surface area contributed by atoms with E-state index in [-0.39, 0.29) is 6.10 Å². The Bertz CT molecular complexity index is 420. The number of rotatable bonds is 7. The molecule has 0 aliphatic carbocycles. The first-order valence-corrected chi connectivity index (χ1v) is 7.70. The summed E-state index contributed by atoms with van der Waals surface area (Å²) in [6, 6.07) is 4.14. The van der Waals surface area contributed by atoms with Gasteiger partial charge in [-0.05, 0) is 36.1 Å². The highest BCUT2D eigenvalue weighted by Gasteiger charge is 2.19. The molecule has 1 heterocycles. The van der Waals surface area contributed by atoms with Gasteiger partial charge in [0.15, 0.2) is 0 Å². The summed E-state index contributed by atoms with van der Waals surface area (Å²) in [6.45, 7) is 4.21. The third-order valence-electron chi connectivity index (χ3n) is 3.22. The Morgan fingerprint density at radius 2 is 2.26 bits per heavy atom. The number of aliphatic hydroxyl groups excluding tert-OH is 1. The molecular formula is C15H21BrO3. The third kappa shape index (κ3) is 4.20. The van der Waals surface area contributed by atoms with E-state index in [1.165, 1.54) is 5.56 Å². The van der Waals surface area contributed by atoms with Crippen molar-refractivity contribution in [2.24, 2.45) is 0 Å². The molecule has 3 nitrogen and oxygen atoms in total. The first-order valence-electron chi connectivity index (χ1n) is 6.90. The smallest absolute Gasteiger partial charge is 0.125 e. The van der Waals surface area contributed by atoms with E-state index in [2.05, 4.69) is 28.9 Å². The van der Waals surface area contributed by atoms with E-state index in [1.807, 2.05) is 6.07 Å². The van der Waals surface area contributed by atoms with Gasteiger partial charge < -0.3 is 14.6 Å². The predicted octanol–water partition coefficient (Wildman–Crippen LogP) is 3.10. The largest absolute Gasteiger partial charge is 0.493 e. The first-order chi connectivity index (χ1) is 9.20. The lowest BCUT2D eigenvalue weighted by Gasteiger charge is -2.14. The molecule has 0 amide bonds. The van der Waals surface area contributed by atoms with Crippen LogP contribution >= 0.6 is 15.9 Å². The molecule has 0 saturated heterocycles. The van der Waals surface area contributed by atoms with Crippen LogP contribution in [-0.2, 0) is 17.6 Å². The van der Waals surface area contributed by atoms with Crippen LogP contribution in [0, 0.1) is 0 Å². The number of aliphatic hydroxyl groups is 1. The summed E-state index contributed by atoms with van der Waals surface area (Å²) in [4.78, 5) is 0. The van der Waals surface area contributed by atoms with Gasteiger partial charge in [-0.15, -0.1) is 0 Å². The molecule has 0 bridgehead atoms. The van der Waals surface area contributed by atoms with Crippen molar-refractivity contribution < 1.29 is 14.6 Å². The molecule has 0 saturated carbocycles. The van der Waals surface area contributed by atoms with Crippen LogP contribution < -0.4 is 4.74 Å². The quantitative estimate of drug-likeness (QED) is 0.781. The van der Waals surface area contributed by atoms with E-state index in [0.29, 0.717) is 19.4 Å². The fourth-order valence-electron chi connectivity index (χ4n) is 2.32. The molecule has 0 radical (unpaired) electrons. The lowest BCUT2D eigenvalue weighted by molar-refractivity contribution is 0.0821. The Balaban J connectivity index is 1.92. The van der Waals surface area contributed by atoms with Crippen molar-refractivity contribution in [2.75, 3.05) is 19.8 Å². The molecule has 0 aromatic heterocycles. The fraction of sp³-hybridized carbons (Fsp3) is 0.600. The van der Waals surface area contributed by atoms with Gasteiger partial charge in [0.1, 0.15) is 5.75 Å². The fourth-order valence-corrected chi connectivity index (χ4v) is 2.87. The van der Waals surface area contributed by atoms with Gasteiger partial charge in [0, 0.05) is 30.5 Å². The SMILES string of the molecule is CCCOCCC(O)Cc1cc(Br)cc2c1OCC2. The molecule has 1 atom stereocenters. The molecule has 1 aromatic carbocycles. The van der Waals surface area contributed by atoms with Gasteiger partial charge in [-0.2, -0.15) is 0 Å². The molecular weight excluding hydrogens is 308 g/mol. The summed E-state index contributed by atoms with van der Waals surface area (Å²) < 4.78 is 12.1. The van der Waals surface area contributed by atoms with Crippen molar-refractivity contribution >= 4 is 15.9 Å². The number of ether oxygens (including phenoxy) is 2. The average molecular weight is 329 g/mol. The Morgan fingerprint density at radius 3 is 3.05 bits per heavy atom. The van der Waals surface area contributed by atoms with Crippen LogP contribution in [0.1, 0.15) is 30.9 Å².